The van der Waals surface area contributed by atoms with Crippen LogP contribution in [0.3, 0.4) is 0 Å². The number of ether oxygens (including phenoxy) is 2. The third-order valence-electron chi connectivity index (χ3n) is 6.58. The molecule has 0 radical (unpaired) electrons. The molecular weight excluding hydrogens is 340 g/mol. The molecule has 3 heterocycles. The number of hydrogen-bond donors (Lipinski definition) is 0. The molecule has 3 saturated heterocycles. The number of carbonyl (C=O) groups excluding carboxylic acids is 1. The van der Waals surface area contributed by atoms with Crippen molar-refractivity contribution in [1.82, 2.24) is 9.80 Å². The van der Waals surface area contributed by atoms with Crippen molar-refractivity contribution in [1.29, 1.82) is 0 Å². The van der Waals surface area contributed by atoms with E-state index in [-0.39, 0.29) is 18.1 Å². The third kappa shape index (κ3) is 4.14. The molecule has 0 unspecified atom stereocenters. The van der Waals surface area contributed by atoms with Crippen LogP contribution in [0.25, 0.3) is 0 Å². The monoisotopic (exact) mass is 372 g/mol. The Bertz CT molecular complexity index is 639. The zero-order chi connectivity index (χ0) is 18.8. The van der Waals surface area contributed by atoms with E-state index in [2.05, 4.69) is 24.0 Å². The van der Waals surface area contributed by atoms with E-state index >= 15 is 0 Å². The van der Waals surface area contributed by atoms with Crippen LogP contribution in [-0.2, 0) is 16.1 Å². The lowest BCUT2D eigenvalue weighted by Crippen LogP contribution is -2.50. The Morgan fingerprint density at radius 3 is 2.52 bits per heavy atom. The van der Waals surface area contributed by atoms with E-state index in [0.29, 0.717) is 6.04 Å². The first-order chi connectivity index (χ1) is 13.1. The number of fused-ring (bicyclic) bond motifs is 1. The highest BCUT2D eigenvalue weighted by Gasteiger charge is 2.42. The van der Waals surface area contributed by atoms with Gasteiger partial charge < -0.3 is 14.4 Å². The normalized spacial score (nSPS) is 29.6. The molecule has 0 aliphatic carbocycles. The van der Waals surface area contributed by atoms with Gasteiger partial charge in [-0.3, -0.25) is 9.69 Å². The largest absolute Gasteiger partial charge is 0.497 e. The van der Waals surface area contributed by atoms with Crippen molar-refractivity contribution in [3.8, 4) is 5.75 Å². The molecule has 1 amide bonds. The van der Waals surface area contributed by atoms with Gasteiger partial charge in [-0.1, -0.05) is 19.1 Å². The second kappa shape index (κ2) is 8.19. The average Bonchev–Trinajstić information content (AvgIpc) is 3.10. The van der Waals surface area contributed by atoms with Gasteiger partial charge in [0.05, 0.1) is 13.2 Å². The number of nitrogens with zero attached hydrogens (tertiary/aromatic N) is 2. The molecule has 148 valence electrons. The predicted octanol–water partition coefficient (Wildman–Crippen LogP) is 3.08. The second-order valence-electron chi connectivity index (χ2n) is 8.42. The molecule has 1 aromatic carbocycles. The summed E-state index contributed by atoms with van der Waals surface area (Å²) in [5.41, 5.74) is 1.30. The van der Waals surface area contributed by atoms with Gasteiger partial charge in [-0.05, 0) is 55.7 Å². The molecule has 0 saturated carbocycles. The summed E-state index contributed by atoms with van der Waals surface area (Å²) in [7, 11) is 1.70. The quantitative estimate of drug-likeness (QED) is 0.815. The van der Waals surface area contributed by atoms with Crippen LogP contribution in [0.4, 0.5) is 0 Å². The molecule has 0 spiro atoms. The van der Waals surface area contributed by atoms with E-state index in [1.54, 1.807) is 7.11 Å². The number of piperidine rings is 1. The number of rotatable bonds is 4. The van der Waals surface area contributed by atoms with Gasteiger partial charge in [0.15, 0.2) is 0 Å². The maximum atomic E-state index is 12.9. The van der Waals surface area contributed by atoms with Gasteiger partial charge in [-0.2, -0.15) is 0 Å². The summed E-state index contributed by atoms with van der Waals surface area (Å²) in [5, 5.41) is 0. The fourth-order valence-electron chi connectivity index (χ4n) is 4.79. The van der Waals surface area contributed by atoms with Crippen LogP contribution >= 0.6 is 0 Å². The average molecular weight is 373 g/mol. The Hall–Kier alpha value is -1.59. The molecule has 0 bridgehead atoms. The third-order valence-corrected chi connectivity index (χ3v) is 6.58. The first-order valence-electron chi connectivity index (χ1n) is 10.5. The van der Waals surface area contributed by atoms with Crippen molar-refractivity contribution in [3.63, 3.8) is 0 Å². The van der Waals surface area contributed by atoms with Gasteiger partial charge >= 0.3 is 0 Å². The van der Waals surface area contributed by atoms with Crippen LogP contribution < -0.4 is 4.74 Å². The molecule has 5 nitrogen and oxygen atoms in total. The molecule has 3 fully saturated rings. The molecule has 3 aliphatic rings. The Morgan fingerprint density at radius 1 is 1.07 bits per heavy atom. The van der Waals surface area contributed by atoms with Crippen molar-refractivity contribution in [2.24, 2.45) is 5.92 Å². The summed E-state index contributed by atoms with van der Waals surface area (Å²) in [5.74, 6) is 1.87. The van der Waals surface area contributed by atoms with Crippen molar-refractivity contribution >= 4 is 5.91 Å². The van der Waals surface area contributed by atoms with Crippen LogP contribution in [0.2, 0.25) is 0 Å². The number of likely N-dealkylation sites (tertiary alicyclic amines) is 2. The lowest BCUT2D eigenvalue weighted by Gasteiger charge is -2.38. The van der Waals surface area contributed by atoms with Gasteiger partial charge in [-0.15, -0.1) is 0 Å². The van der Waals surface area contributed by atoms with Crippen molar-refractivity contribution < 1.29 is 14.3 Å². The van der Waals surface area contributed by atoms with Gasteiger partial charge in [0.1, 0.15) is 11.9 Å². The maximum absolute atomic E-state index is 12.9. The number of carbonyl (C=O) groups is 1. The van der Waals surface area contributed by atoms with Gasteiger partial charge in [-0.25, -0.2) is 0 Å². The smallest absolute Gasteiger partial charge is 0.251 e. The Labute approximate surface area is 162 Å². The van der Waals surface area contributed by atoms with E-state index in [4.69, 9.17) is 9.47 Å². The Kier molecular flexibility index (Phi) is 5.69. The van der Waals surface area contributed by atoms with E-state index in [0.717, 1.165) is 70.0 Å². The van der Waals surface area contributed by atoms with Crippen molar-refractivity contribution in [2.75, 3.05) is 26.7 Å². The summed E-state index contributed by atoms with van der Waals surface area (Å²) in [6, 6.07) is 8.76. The Morgan fingerprint density at radius 2 is 1.81 bits per heavy atom. The standard InChI is InChI=1S/C22H32N2O3/c1-16-9-12-23(13-10-16)22(25)21-8-7-19-20(27-21)11-14-24(19)15-17-3-5-18(26-2)6-4-17/h3-6,16,19-21H,7-15H2,1-2H3/t19-,20-,21-/m1/s1. The lowest BCUT2D eigenvalue weighted by atomic mass is 9.96. The summed E-state index contributed by atoms with van der Waals surface area (Å²) >= 11 is 0. The highest BCUT2D eigenvalue weighted by molar-refractivity contribution is 5.81. The van der Waals surface area contributed by atoms with E-state index < -0.39 is 0 Å². The second-order valence-corrected chi connectivity index (χ2v) is 8.42. The van der Waals surface area contributed by atoms with E-state index in [1.165, 1.54) is 5.56 Å². The van der Waals surface area contributed by atoms with Crippen LogP contribution in [0.1, 0.15) is 44.6 Å². The van der Waals surface area contributed by atoms with E-state index in [9.17, 15) is 4.79 Å². The Balaban J connectivity index is 1.32. The first-order valence-corrected chi connectivity index (χ1v) is 10.5. The summed E-state index contributed by atoms with van der Waals surface area (Å²) in [6.07, 6.45) is 5.17. The van der Waals surface area contributed by atoms with Crippen LogP contribution in [0.15, 0.2) is 24.3 Å². The minimum atomic E-state index is -0.222. The molecule has 1 aromatic rings. The SMILES string of the molecule is COc1ccc(CN2CC[C@H]3O[C@@H](C(=O)N4CCC(C)CC4)CC[C@H]32)cc1. The lowest BCUT2D eigenvalue weighted by molar-refractivity contribution is -0.155. The number of methoxy groups -OCH3 is 1. The summed E-state index contributed by atoms with van der Waals surface area (Å²) < 4.78 is 11.5. The maximum Gasteiger partial charge on any atom is 0.251 e. The fourth-order valence-corrected chi connectivity index (χ4v) is 4.79. The van der Waals surface area contributed by atoms with Crippen molar-refractivity contribution in [2.45, 2.75) is 63.8 Å². The molecule has 4 rings (SSSR count). The van der Waals surface area contributed by atoms with Crippen LogP contribution in [-0.4, -0.2) is 60.7 Å². The molecule has 0 aromatic heterocycles. The van der Waals surface area contributed by atoms with Crippen LogP contribution in [0, 0.1) is 5.92 Å². The number of amides is 1. The van der Waals surface area contributed by atoms with Crippen molar-refractivity contribution in [3.05, 3.63) is 29.8 Å². The number of benzene rings is 1. The molecule has 0 N–H and O–H groups in total. The molecule has 3 atom stereocenters. The minimum absolute atomic E-state index is 0.203. The molecule has 27 heavy (non-hydrogen) atoms. The van der Waals surface area contributed by atoms with Gasteiger partial charge in [0.25, 0.3) is 5.91 Å². The first kappa shape index (κ1) is 18.8. The van der Waals surface area contributed by atoms with Gasteiger partial charge in [0.2, 0.25) is 0 Å². The molecular formula is C22H32N2O3. The minimum Gasteiger partial charge on any atom is -0.497 e. The molecule has 5 heteroatoms. The highest BCUT2D eigenvalue weighted by atomic mass is 16.5. The summed E-state index contributed by atoms with van der Waals surface area (Å²) in [6.45, 7) is 6.06. The fraction of sp³-hybridized carbons (Fsp3) is 0.682. The predicted molar refractivity (Wildman–Crippen MR) is 105 cm³/mol. The summed E-state index contributed by atoms with van der Waals surface area (Å²) in [4.78, 5) is 17.4. The van der Waals surface area contributed by atoms with Crippen LogP contribution in [0.5, 0.6) is 5.75 Å². The topological polar surface area (TPSA) is 42.0 Å². The highest BCUT2D eigenvalue weighted by Crippen LogP contribution is 2.33. The van der Waals surface area contributed by atoms with Gasteiger partial charge in [0, 0.05) is 32.2 Å². The zero-order valence-electron chi connectivity index (χ0n) is 16.6. The molecule has 3 aliphatic heterocycles. The zero-order valence-corrected chi connectivity index (χ0v) is 16.6. The number of hydrogen-bond acceptors (Lipinski definition) is 4. The van der Waals surface area contributed by atoms with E-state index in [1.807, 2.05) is 17.0 Å².